The number of aryl methyl sites for hydroxylation is 3. The van der Waals surface area contributed by atoms with Crippen LogP contribution < -0.4 is 21.1 Å². The van der Waals surface area contributed by atoms with Crippen molar-refractivity contribution in [2.75, 3.05) is 12.4 Å². The van der Waals surface area contributed by atoms with Crippen LogP contribution in [-0.2, 0) is 5.79 Å². The van der Waals surface area contributed by atoms with E-state index < -0.39 is 5.79 Å². The van der Waals surface area contributed by atoms with Crippen LogP contribution in [0.15, 0.2) is 47.4 Å². The number of nitrogens with zero attached hydrogens (tertiary/aromatic N) is 2. The van der Waals surface area contributed by atoms with Crippen molar-refractivity contribution in [1.82, 2.24) is 10.3 Å². The minimum absolute atomic E-state index is 0.534. The Labute approximate surface area is 147 Å². The zero-order valence-corrected chi connectivity index (χ0v) is 14.9. The predicted octanol–water partition coefficient (Wildman–Crippen LogP) is 2.71. The Balaban J connectivity index is 1.84. The second-order valence-corrected chi connectivity index (χ2v) is 6.24. The molecule has 2 heterocycles. The largest absolute Gasteiger partial charge is 0.481 e. The molecule has 25 heavy (non-hydrogen) atoms. The first-order valence-electron chi connectivity index (χ1n) is 8.09. The second kappa shape index (κ2) is 6.57. The van der Waals surface area contributed by atoms with Gasteiger partial charge < -0.3 is 15.4 Å². The molecule has 0 radical (unpaired) electrons. The summed E-state index contributed by atoms with van der Waals surface area (Å²) >= 11 is 0. The molecule has 0 spiro atoms. The van der Waals surface area contributed by atoms with Crippen molar-refractivity contribution in [3.05, 3.63) is 64.6 Å². The molecule has 0 aliphatic carbocycles. The molecule has 1 atom stereocenters. The van der Waals surface area contributed by atoms with Crippen LogP contribution >= 0.6 is 0 Å². The topological polar surface area (TPSA) is 84.6 Å². The molecule has 0 fully saturated rings. The molecule has 1 aromatic carbocycles. The SMILES string of the molecule is COc1ccc(C2(N)N=CC=C(Nc3c(C)cc(C)cc3C)N2)cn1. The molecule has 130 valence electrons. The predicted molar refractivity (Wildman–Crippen MR) is 101 cm³/mol. The summed E-state index contributed by atoms with van der Waals surface area (Å²) in [7, 11) is 1.58. The van der Waals surface area contributed by atoms with Crippen molar-refractivity contribution in [3.63, 3.8) is 0 Å². The van der Waals surface area contributed by atoms with E-state index in [1.54, 1.807) is 25.6 Å². The molecular formula is C19H23N5O. The van der Waals surface area contributed by atoms with Crippen molar-refractivity contribution in [1.29, 1.82) is 0 Å². The number of allylic oxidation sites excluding steroid dienone is 1. The number of pyridine rings is 1. The van der Waals surface area contributed by atoms with Gasteiger partial charge in [-0.2, -0.15) is 0 Å². The standard InChI is InChI=1S/C19H23N5O/c1-12-9-13(2)18(14(3)10-12)23-16-7-8-22-19(20,24-16)15-5-6-17(25-4)21-11-15/h5-11,23-24H,20H2,1-4H3. The van der Waals surface area contributed by atoms with Gasteiger partial charge in [0.2, 0.25) is 11.7 Å². The lowest BCUT2D eigenvalue weighted by Gasteiger charge is -2.32. The van der Waals surface area contributed by atoms with Gasteiger partial charge in [-0.3, -0.25) is 5.73 Å². The van der Waals surface area contributed by atoms with Gasteiger partial charge in [-0.05, 0) is 44.0 Å². The van der Waals surface area contributed by atoms with E-state index in [9.17, 15) is 0 Å². The smallest absolute Gasteiger partial charge is 0.212 e. The molecular weight excluding hydrogens is 314 g/mol. The minimum atomic E-state index is -1.08. The molecule has 0 saturated heterocycles. The summed E-state index contributed by atoms with van der Waals surface area (Å²) in [6.07, 6.45) is 5.22. The Hall–Kier alpha value is -2.86. The molecule has 6 heteroatoms. The molecule has 1 aliphatic heterocycles. The van der Waals surface area contributed by atoms with Crippen LogP contribution in [0.4, 0.5) is 5.69 Å². The van der Waals surface area contributed by atoms with Gasteiger partial charge in [-0.15, -0.1) is 0 Å². The molecule has 1 unspecified atom stereocenters. The molecule has 1 aromatic heterocycles. The van der Waals surface area contributed by atoms with Gasteiger partial charge in [-0.25, -0.2) is 9.98 Å². The van der Waals surface area contributed by atoms with Gasteiger partial charge in [-0.1, -0.05) is 17.7 Å². The number of hydrogen-bond acceptors (Lipinski definition) is 6. The fourth-order valence-electron chi connectivity index (χ4n) is 2.97. The van der Waals surface area contributed by atoms with Crippen molar-refractivity contribution >= 4 is 11.9 Å². The molecule has 0 bridgehead atoms. The third-order valence-electron chi connectivity index (χ3n) is 4.17. The highest BCUT2D eigenvalue weighted by Gasteiger charge is 2.29. The van der Waals surface area contributed by atoms with E-state index in [1.165, 1.54) is 16.7 Å². The molecule has 0 amide bonds. The van der Waals surface area contributed by atoms with Crippen LogP contribution in [0.2, 0.25) is 0 Å². The second-order valence-electron chi connectivity index (χ2n) is 6.24. The van der Waals surface area contributed by atoms with Crippen molar-refractivity contribution in [2.24, 2.45) is 10.7 Å². The molecule has 4 N–H and O–H groups in total. The lowest BCUT2D eigenvalue weighted by atomic mass is 10.0. The average molecular weight is 337 g/mol. The molecule has 3 rings (SSSR count). The van der Waals surface area contributed by atoms with E-state index in [0.29, 0.717) is 5.88 Å². The first kappa shape index (κ1) is 17.0. The van der Waals surface area contributed by atoms with Crippen molar-refractivity contribution in [2.45, 2.75) is 26.6 Å². The first-order valence-corrected chi connectivity index (χ1v) is 8.09. The van der Waals surface area contributed by atoms with E-state index in [2.05, 4.69) is 53.5 Å². The Bertz CT molecular complexity index is 818. The van der Waals surface area contributed by atoms with Crippen LogP contribution in [0, 0.1) is 20.8 Å². The number of benzene rings is 1. The Morgan fingerprint density at radius 2 is 1.88 bits per heavy atom. The van der Waals surface area contributed by atoms with Gasteiger partial charge in [0.25, 0.3) is 0 Å². The van der Waals surface area contributed by atoms with Crippen LogP contribution in [-0.4, -0.2) is 18.3 Å². The zero-order valence-electron chi connectivity index (χ0n) is 14.9. The number of rotatable bonds is 4. The number of aliphatic imine (C=N–C) groups is 1. The third kappa shape index (κ3) is 3.49. The van der Waals surface area contributed by atoms with Crippen LogP contribution in [0.1, 0.15) is 22.3 Å². The quantitative estimate of drug-likeness (QED) is 0.799. The van der Waals surface area contributed by atoms with E-state index in [4.69, 9.17) is 10.5 Å². The Kier molecular flexibility index (Phi) is 4.46. The maximum atomic E-state index is 6.45. The third-order valence-corrected chi connectivity index (χ3v) is 4.17. The summed E-state index contributed by atoms with van der Waals surface area (Å²) in [4.78, 5) is 8.59. The number of nitrogens with two attached hydrogens (primary N) is 1. The Morgan fingerprint density at radius 3 is 2.48 bits per heavy atom. The maximum absolute atomic E-state index is 6.45. The number of anilines is 1. The number of ether oxygens (including phenoxy) is 1. The fourth-order valence-corrected chi connectivity index (χ4v) is 2.97. The number of methoxy groups -OCH3 is 1. The van der Waals surface area contributed by atoms with E-state index in [0.717, 1.165) is 17.1 Å². The number of hydrogen-bond donors (Lipinski definition) is 3. The van der Waals surface area contributed by atoms with Crippen molar-refractivity contribution < 1.29 is 4.74 Å². The molecule has 6 nitrogen and oxygen atoms in total. The maximum Gasteiger partial charge on any atom is 0.212 e. The highest BCUT2D eigenvalue weighted by molar-refractivity contribution is 5.76. The monoisotopic (exact) mass is 337 g/mol. The fraction of sp³-hybridized carbons (Fsp3) is 0.263. The summed E-state index contributed by atoms with van der Waals surface area (Å²) in [5.41, 5.74) is 11.9. The van der Waals surface area contributed by atoms with E-state index in [-0.39, 0.29) is 0 Å². The highest BCUT2D eigenvalue weighted by atomic mass is 16.5. The zero-order chi connectivity index (χ0) is 18.0. The van der Waals surface area contributed by atoms with Crippen LogP contribution in [0.25, 0.3) is 0 Å². The number of aromatic nitrogens is 1. The van der Waals surface area contributed by atoms with Crippen molar-refractivity contribution in [3.8, 4) is 5.88 Å². The van der Waals surface area contributed by atoms with E-state index in [1.807, 2.05) is 12.1 Å². The van der Waals surface area contributed by atoms with Gasteiger partial charge in [0.05, 0.1) is 7.11 Å². The summed E-state index contributed by atoms with van der Waals surface area (Å²) in [5.74, 6) is 0.235. The van der Waals surface area contributed by atoms with Gasteiger partial charge >= 0.3 is 0 Å². The lowest BCUT2D eigenvalue weighted by molar-refractivity contribution is 0.384. The lowest BCUT2D eigenvalue weighted by Crippen LogP contribution is -2.51. The summed E-state index contributed by atoms with van der Waals surface area (Å²) < 4.78 is 5.09. The van der Waals surface area contributed by atoms with Crippen LogP contribution in [0.5, 0.6) is 5.88 Å². The molecule has 0 saturated carbocycles. The summed E-state index contributed by atoms with van der Waals surface area (Å²) in [5, 5.41) is 6.68. The summed E-state index contributed by atoms with van der Waals surface area (Å²) in [6.45, 7) is 6.27. The minimum Gasteiger partial charge on any atom is -0.481 e. The Morgan fingerprint density at radius 1 is 1.16 bits per heavy atom. The average Bonchev–Trinajstić information content (AvgIpc) is 2.58. The van der Waals surface area contributed by atoms with E-state index >= 15 is 0 Å². The molecule has 2 aromatic rings. The summed E-state index contributed by atoms with van der Waals surface area (Å²) in [6, 6.07) is 7.91. The molecule has 1 aliphatic rings. The van der Waals surface area contributed by atoms with Crippen LogP contribution in [0.3, 0.4) is 0 Å². The highest BCUT2D eigenvalue weighted by Crippen LogP contribution is 2.26. The van der Waals surface area contributed by atoms with Gasteiger partial charge in [0, 0.05) is 29.7 Å². The van der Waals surface area contributed by atoms with Gasteiger partial charge in [0.15, 0.2) is 0 Å². The number of nitrogens with one attached hydrogen (secondary N) is 2. The normalized spacial score (nSPS) is 19.2. The first-order chi connectivity index (χ1) is 11.9. The van der Waals surface area contributed by atoms with Gasteiger partial charge in [0.1, 0.15) is 5.82 Å².